The Morgan fingerprint density at radius 3 is 2.46 bits per heavy atom. The van der Waals surface area contributed by atoms with E-state index in [-0.39, 0.29) is 48.5 Å². The number of anilines is 1. The molecule has 0 aliphatic carbocycles. The van der Waals surface area contributed by atoms with Gasteiger partial charge in [-0.15, -0.1) is 0 Å². The normalized spacial score (nSPS) is 12.6. The Kier molecular flexibility index (Phi) is 5.55. The standard InChI is InChI=1S/C26H20N6O3/c1-16-13-22(29-21-10-5-4-7-18(16)21)32-24(17(14-27)15-28-32)30-23(33)11-6-12-31-25(34)19-8-2-3-9-20(19)26(31)35/h2-5,7-10,13,15H,6,11-12H2,1H3,(H,30,33). The number of imide groups is 1. The zero-order valence-electron chi connectivity index (χ0n) is 18.9. The van der Waals surface area contributed by atoms with E-state index in [9.17, 15) is 19.6 Å². The number of fused-ring (bicyclic) bond motifs is 2. The largest absolute Gasteiger partial charge is 0.309 e. The molecule has 0 saturated carbocycles. The van der Waals surface area contributed by atoms with E-state index < -0.39 is 0 Å². The van der Waals surface area contributed by atoms with Gasteiger partial charge in [0, 0.05) is 18.4 Å². The summed E-state index contributed by atoms with van der Waals surface area (Å²) in [4.78, 5) is 43.5. The van der Waals surface area contributed by atoms with Crippen LogP contribution in [-0.2, 0) is 4.79 Å². The van der Waals surface area contributed by atoms with Crippen molar-refractivity contribution >= 4 is 34.4 Å². The fourth-order valence-corrected chi connectivity index (χ4v) is 4.20. The van der Waals surface area contributed by atoms with Crippen molar-refractivity contribution in [3.8, 4) is 11.9 Å². The highest BCUT2D eigenvalue weighted by Crippen LogP contribution is 2.25. The third-order valence-electron chi connectivity index (χ3n) is 5.94. The number of carbonyl (C=O) groups excluding carboxylic acids is 3. The van der Waals surface area contributed by atoms with Crippen LogP contribution in [0.3, 0.4) is 0 Å². The Morgan fingerprint density at radius 2 is 1.74 bits per heavy atom. The van der Waals surface area contributed by atoms with Crippen LogP contribution >= 0.6 is 0 Å². The minimum Gasteiger partial charge on any atom is -0.309 e. The molecule has 0 spiro atoms. The second kappa shape index (κ2) is 8.83. The van der Waals surface area contributed by atoms with Gasteiger partial charge in [0.25, 0.3) is 11.8 Å². The summed E-state index contributed by atoms with van der Waals surface area (Å²) >= 11 is 0. The van der Waals surface area contributed by atoms with E-state index >= 15 is 0 Å². The first-order valence-electron chi connectivity index (χ1n) is 11.1. The second-order valence-electron chi connectivity index (χ2n) is 8.20. The van der Waals surface area contributed by atoms with Crippen LogP contribution in [0, 0.1) is 18.3 Å². The summed E-state index contributed by atoms with van der Waals surface area (Å²) in [5.41, 5.74) is 2.71. The lowest BCUT2D eigenvalue weighted by molar-refractivity contribution is -0.116. The summed E-state index contributed by atoms with van der Waals surface area (Å²) < 4.78 is 1.43. The summed E-state index contributed by atoms with van der Waals surface area (Å²) in [7, 11) is 0. The lowest BCUT2D eigenvalue weighted by Crippen LogP contribution is -2.31. The molecule has 1 aliphatic heterocycles. The summed E-state index contributed by atoms with van der Waals surface area (Å²) in [6.45, 7) is 2.08. The number of nitrogens with zero attached hydrogens (tertiary/aromatic N) is 5. The van der Waals surface area contributed by atoms with Crippen LogP contribution in [0.25, 0.3) is 16.7 Å². The highest BCUT2D eigenvalue weighted by atomic mass is 16.2. The van der Waals surface area contributed by atoms with Crippen molar-refractivity contribution in [2.24, 2.45) is 0 Å². The van der Waals surface area contributed by atoms with Crippen LogP contribution < -0.4 is 5.32 Å². The Labute approximate surface area is 200 Å². The fraction of sp³-hybridized carbons (Fsp3) is 0.154. The molecule has 0 radical (unpaired) electrons. The molecule has 2 aromatic carbocycles. The maximum absolute atomic E-state index is 12.7. The maximum Gasteiger partial charge on any atom is 0.261 e. The highest BCUT2D eigenvalue weighted by Gasteiger charge is 2.34. The lowest BCUT2D eigenvalue weighted by Gasteiger charge is -2.14. The lowest BCUT2D eigenvalue weighted by atomic mass is 10.1. The molecule has 172 valence electrons. The van der Waals surface area contributed by atoms with Crippen molar-refractivity contribution in [2.45, 2.75) is 19.8 Å². The number of pyridine rings is 1. The Morgan fingerprint density at radius 1 is 1.06 bits per heavy atom. The first-order valence-corrected chi connectivity index (χ1v) is 11.1. The number of aromatic nitrogens is 3. The van der Waals surface area contributed by atoms with Gasteiger partial charge in [0.15, 0.2) is 11.6 Å². The van der Waals surface area contributed by atoms with Gasteiger partial charge in [-0.1, -0.05) is 30.3 Å². The summed E-state index contributed by atoms with van der Waals surface area (Å²) in [6.07, 6.45) is 1.70. The highest BCUT2D eigenvalue weighted by molar-refractivity contribution is 6.21. The molecule has 0 atom stereocenters. The van der Waals surface area contributed by atoms with Crippen molar-refractivity contribution in [1.82, 2.24) is 19.7 Å². The van der Waals surface area contributed by atoms with Crippen molar-refractivity contribution in [3.63, 3.8) is 0 Å². The number of nitrogens with one attached hydrogen (secondary N) is 1. The summed E-state index contributed by atoms with van der Waals surface area (Å²) in [5.74, 6) is -0.371. The van der Waals surface area contributed by atoms with E-state index in [4.69, 9.17) is 0 Å². The Bertz CT molecular complexity index is 1510. The second-order valence-corrected chi connectivity index (χ2v) is 8.20. The number of amides is 3. The number of carbonyl (C=O) groups is 3. The molecule has 0 saturated heterocycles. The predicted octanol–water partition coefficient (Wildman–Crippen LogP) is 3.62. The molecule has 2 aromatic heterocycles. The maximum atomic E-state index is 12.7. The van der Waals surface area contributed by atoms with E-state index in [0.29, 0.717) is 16.9 Å². The molecule has 35 heavy (non-hydrogen) atoms. The Balaban J connectivity index is 1.30. The van der Waals surface area contributed by atoms with E-state index in [2.05, 4.69) is 15.4 Å². The first kappa shape index (κ1) is 22.0. The molecule has 0 unspecified atom stereocenters. The number of hydrogen-bond acceptors (Lipinski definition) is 6. The smallest absolute Gasteiger partial charge is 0.261 e. The van der Waals surface area contributed by atoms with Gasteiger partial charge in [-0.3, -0.25) is 19.3 Å². The molecule has 3 heterocycles. The Hall–Kier alpha value is -4.84. The van der Waals surface area contributed by atoms with Crippen molar-refractivity contribution < 1.29 is 14.4 Å². The van der Waals surface area contributed by atoms with E-state index in [1.54, 1.807) is 24.3 Å². The van der Waals surface area contributed by atoms with Crippen LogP contribution in [-0.4, -0.2) is 43.9 Å². The third-order valence-corrected chi connectivity index (χ3v) is 5.94. The molecule has 1 aliphatic rings. The quantitative estimate of drug-likeness (QED) is 0.435. The van der Waals surface area contributed by atoms with Gasteiger partial charge in [-0.2, -0.15) is 15.0 Å². The predicted molar refractivity (Wildman–Crippen MR) is 128 cm³/mol. The van der Waals surface area contributed by atoms with Crippen molar-refractivity contribution in [2.75, 3.05) is 11.9 Å². The average Bonchev–Trinajstić information content (AvgIpc) is 3.38. The molecule has 3 amide bonds. The van der Waals surface area contributed by atoms with E-state index in [1.165, 1.54) is 10.9 Å². The molecular weight excluding hydrogens is 444 g/mol. The van der Waals surface area contributed by atoms with E-state index in [1.807, 2.05) is 43.3 Å². The van der Waals surface area contributed by atoms with Gasteiger partial charge >= 0.3 is 0 Å². The molecule has 0 bridgehead atoms. The molecule has 9 nitrogen and oxygen atoms in total. The van der Waals surface area contributed by atoms with Gasteiger partial charge in [0.2, 0.25) is 5.91 Å². The van der Waals surface area contributed by atoms with E-state index in [0.717, 1.165) is 21.4 Å². The van der Waals surface area contributed by atoms with Crippen molar-refractivity contribution in [3.05, 3.63) is 83.0 Å². The number of benzene rings is 2. The van der Waals surface area contributed by atoms with Gasteiger partial charge in [0.1, 0.15) is 11.6 Å². The number of nitriles is 1. The molecule has 5 rings (SSSR count). The van der Waals surface area contributed by atoms with Gasteiger partial charge < -0.3 is 5.32 Å². The topological polar surface area (TPSA) is 121 Å². The average molecular weight is 464 g/mol. The fourth-order valence-electron chi connectivity index (χ4n) is 4.20. The zero-order chi connectivity index (χ0) is 24.5. The van der Waals surface area contributed by atoms with Crippen LogP contribution in [0.4, 0.5) is 5.82 Å². The molecule has 0 fully saturated rings. The minimum atomic E-state index is -0.364. The van der Waals surface area contributed by atoms with Crippen LogP contribution in [0.5, 0.6) is 0 Å². The molecule has 4 aromatic rings. The van der Waals surface area contributed by atoms with Crippen LogP contribution in [0.1, 0.15) is 44.7 Å². The summed E-state index contributed by atoms with van der Waals surface area (Å²) in [5, 5.41) is 17.5. The van der Waals surface area contributed by atoms with Gasteiger partial charge in [0.05, 0.1) is 22.8 Å². The monoisotopic (exact) mass is 464 g/mol. The number of hydrogen-bond donors (Lipinski definition) is 1. The zero-order valence-corrected chi connectivity index (χ0v) is 18.9. The molecular formula is C26H20N6O3. The SMILES string of the molecule is Cc1cc(-n2ncc(C#N)c2NC(=O)CCCN2C(=O)c3ccccc3C2=O)nc2ccccc12. The van der Waals surface area contributed by atoms with Crippen LogP contribution in [0.15, 0.2) is 60.8 Å². The van der Waals surface area contributed by atoms with Crippen molar-refractivity contribution in [1.29, 1.82) is 5.26 Å². The minimum absolute atomic E-state index is 0.0492. The third kappa shape index (κ3) is 3.91. The van der Waals surface area contributed by atoms with Crippen LogP contribution in [0.2, 0.25) is 0 Å². The van der Waals surface area contributed by atoms with Gasteiger partial charge in [-0.25, -0.2) is 4.98 Å². The summed E-state index contributed by atoms with van der Waals surface area (Å²) in [6, 6.07) is 18.2. The first-order chi connectivity index (χ1) is 17.0. The molecule has 1 N–H and O–H groups in total. The molecule has 9 heteroatoms. The van der Waals surface area contributed by atoms with Gasteiger partial charge in [-0.05, 0) is 43.2 Å². The number of aryl methyl sites for hydroxylation is 1. The number of para-hydroxylation sites is 1. The number of rotatable bonds is 6.